The molecule has 0 saturated carbocycles. The minimum absolute atomic E-state index is 0.583. The molecule has 0 fully saturated rings. The molecule has 0 nitrogen and oxygen atoms in total. The molecule has 1 aliphatic carbocycles. The average molecular weight is 333 g/mol. The molecule has 68 valence electrons. The first-order chi connectivity index (χ1) is 5.41. The van der Waals surface area contributed by atoms with E-state index in [1.165, 1.54) is 25.7 Å². The first-order valence-corrected chi connectivity index (χ1v) is 8.49. The molecule has 0 aromatic heterocycles. The van der Waals surface area contributed by atoms with E-state index >= 15 is 0 Å². The second-order valence-electron chi connectivity index (χ2n) is 2.46. The van der Waals surface area contributed by atoms with Crippen molar-refractivity contribution in [3.05, 3.63) is 24.3 Å². The van der Waals surface area contributed by atoms with Gasteiger partial charge in [-0.05, 0) is 25.7 Å². The van der Waals surface area contributed by atoms with Crippen LogP contribution in [0.1, 0.15) is 25.7 Å². The van der Waals surface area contributed by atoms with Gasteiger partial charge in [0.05, 0.1) is 0 Å². The Labute approximate surface area is 79.3 Å². The Bertz CT molecular complexity index is 100. The molecule has 0 aromatic carbocycles. The van der Waals surface area contributed by atoms with Gasteiger partial charge in [-0.15, -0.1) is 0 Å². The summed E-state index contributed by atoms with van der Waals surface area (Å²) < 4.78 is 0. The van der Waals surface area contributed by atoms with E-state index in [1.54, 1.807) is 0 Å². The molecule has 0 aliphatic heterocycles. The normalized spacial score (nSPS) is 16.5. The van der Waals surface area contributed by atoms with Gasteiger partial charge in [-0.25, -0.2) is 0 Å². The van der Waals surface area contributed by atoms with E-state index in [0.717, 1.165) is 0 Å². The molecular formula is C10H18Pt. The zero-order valence-corrected chi connectivity index (χ0v) is 9.73. The Morgan fingerprint density at radius 3 is 1.64 bits per heavy atom. The van der Waals surface area contributed by atoms with E-state index in [4.69, 9.17) is 0 Å². The summed E-state index contributed by atoms with van der Waals surface area (Å²) in [7, 11) is 0. The van der Waals surface area contributed by atoms with E-state index in [9.17, 15) is 0 Å². The predicted molar refractivity (Wildman–Crippen MR) is 48.5 cm³/mol. The van der Waals surface area contributed by atoms with Gasteiger partial charge in [0.2, 0.25) is 0 Å². The van der Waals surface area contributed by atoms with Crippen molar-refractivity contribution < 1.29 is 18.6 Å². The maximum atomic E-state index is 2.24. The quantitative estimate of drug-likeness (QED) is 0.632. The molecule has 0 radical (unpaired) electrons. The van der Waals surface area contributed by atoms with Gasteiger partial charge < -0.3 is 0 Å². The molecule has 0 bridgehead atoms. The Kier molecular flexibility index (Phi) is 10.3. The van der Waals surface area contributed by atoms with Crippen LogP contribution in [0, 0.1) is 0 Å². The molecular weight excluding hydrogens is 315 g/mol. The maximum absolute atomic E-state index is 2.24. The number of allylic oxidation sites excluding steroid dienone is 4. The van der Waals surface area contributed by atoms with Crippen molar-refractivity contribution in [3.63, 3.8) is 0 Å². The van der Waals surface area contributed by atoms with Crippen molar-refractivity contribution in [2.45, 2.75) is 36.3 Å². The predicted octanol–water partition coefficient (Wildman–Crippen LogP) is 3.84. The van der Waals surface area contributed by atoms with Crippen LogP contribution in [0.15, 0.2) is 24.3 Å². The second-order valence-corrected chi connectivity index (χ2v) is 4.73. The van der Waals surface area contributed by atoms with E-state index in [1.807, 2.05) is 0 Å². The van der Waals surface area contributed by atoms with Crippen molar-refractivity contribution in [1.82, 2.24) is 0 Å². The molecule has 0 amide bonds. The van der Waals surface area contributed by atoms with Gasteiger partial charge in [0, 0.05) is 0 Å². The van der Waals surface area contributed by atoms with Crippen LogP contribution in [-0.4, -0.2) is 0 Å². The summed E-state index contributed by atoms with van der Waals surface area (Å²) in [5.41, 5.74) is 0. The fourth-order valence-electron chi connectivity index (χ4n) is 0.874. The van der Waals surface area contributed by atoms with Gasteiger partial charge in [0.1, 0.15) is 0 Å². The topological polar surface area (TPSA) is 0 Å². The molecule has 1 heteroatoms. The molecule has 0 atom stereocenters. The first-order valence-electron chi connectivity index (χ1n) is 3.95. The summed E-state index contributed by atoms with van der Waals surface area (Å²) in [4.78, 5) is 0. The summed E-state index contributed by atoms with van der Waals surface area (Å²) in [6.45, 7) is 0. The Hall–Kier alpha value is 0.168. The molecule has 0 heterocycles. The summed E-state index contributed by atoms with van der Waals surface area (Å²) >= 11 is 0.583. The van der Waals surface area contributed by atoms with Crippen LogP contribution in [0.25, 0.3) is 0 Å². The monoisotopic (exact) mass is 333 g/mol. The minimum atomic E-state index is 0.583. The van der Waals surface area contributed by atoms with Crippen molar-refractivity contribution in [3.8, 4) is 0 Å². The van der Waals surface area contributed by atoms with Gasteiger partial charge >= 0.3 is 29.2 Å². The van der Waals surface area contributed by atoms with Crippen LogP contribution in [0.2, 0.25) is 10.6 Å². The number of rotatable bonds is 0. The second kappa shape index (κ2) is 10.2. The Morgan fingerprint density at radius 2 is 1.27 bits per heavy atom. The number of hydrogen-bond donors (Lipinski definition) is 0. The summed E-state index contributed by atoms with van der Waals surface area (Å²) in [6.07, 6.45) is 14.0. The van der Waals surface area contributed by atoms with E-state index in [-0.39, 0.29) is 0 Å². The van der Waals surface area contributed by atoms with Gasteiger partial charge in [0.25, 0.3) is 0 Å². The van der Waals surface area contributed by atoms with Crippen LogP contribution >= 0.6 is 0 Å². The van der Waals surface area contributed by atoms with Gasteiger partial charge in [-0.3, -0.25) is 0 Å². The van der Waals surface area contributed by atoms with E-state index < -0.39 is 0 Å². The number of hydrogen-bond acceptors (Lipinski definition) is 0. The third-order valence-corrected chi connectivity index (χ3v) is 1.37. The van der Waals surface area contributed by atoms with Crippen LogP contribution < -0.4 is 0 Å². The molecule has 11 heavy (non-hydrogen) atoms. The van der Waals surface area contributed by atoms with Crippen LogP contribution in [0.5, 0.6) is 0 Å². The van der Waals surface area contributed by atoms with Crippen LogP contribution in [-0.2, 0) is 18.6 Å². The molecule has 0 N–H and O–H groups in total. The molecule has 0 unspecified atom stereocenters. The Balaban J connectivity index is 0.000000292. The SMILES string of the molecule is C1=CCCCCC=C1.[CH3][Pt][CH3]. The summed E-state index contributed by atoms with van der Waals surface area (Å²) in [5.74, 6) is 0. The average Bonchev–Trinajstić information content (AvgIpc) is 1.86. The summed E-state index contributed by atoms with van der Waals surface area (Å²) in [6, 6.07) is 0. The molecule has 1 aliphatic rings. The van der Waals surface area contributed by atoms with Crippen molar-refractivity contribution in [2.24, 2.45) is 0 Å². The molecule has 0 saturated heterocycles. The Morgan fingerprint density at radius 1 is 0.909 bits per heavy atom. The standard InChI is InChI=1S/C8H12.2CH3.Pt/c1-2-4-6-8-7-5-3-1;;;/h1-4H,5-8H2;2*1H3;. The zero-order chi connectivity index (χ0) is 8.36. The van der Waals surface area contributed by atoms with Crippen molar-refractivity contribution in [2.75, 3.05) is 0 Å². The first kappa shape index (κ1) is 11.2. The van der Waals surface area contributed by atoms with Gasteiger partial charge in [-0.2, -0.15) is 0 Å². The van der Waals surface area contributed by atoms with Gasteiger partial charge in [-0.1, -0.05) is 24.3 Å². The van der Waals surface area contributed by atoms with Gasteiger partial charge in [0.15, 0.2) is 0 Å². The molecule has 0 aromatic rings. The third-order valence-electron chi connectivity index (χ3n) is 1.37. The molecule has 1 rings (SSSR count). The fourth-order valence-corrected chi connectivity index (χ4v) is 0.874. The van der Waals surface area contributed by atoms with E-state index in [2.05, 4.69) is 34.9 Å². The zero-order valence-electron chi connectivity index (χ0n) is 7.45. The molecule has 0 spiro atoms. The van der Waals surface area contributed by atoms with Crippen LogP contribution in [0.3, 0.4) is 0 Å². The fraction of sp³-hybridized carbons (Fsp3) is 0.600. The van der Waals surface area contributed by atoms with E-state index in [0.29, 0.717) is 18.6 Å². The summed E-state index contributed by atoms with van der Waals surface area (Å²) in [5, 5.41) is 4.47. The van der Waals surface area contributed by atoms with Crippen molar-refractivity contribution in [1.29, 1.82) is 0 Å². The van der Waals surface area contributed by atoms with Crippen LogP contribution in [0.4, 0.5) is 0 Å². The van der Waals surface area contributed by atoms with Crippen molar-refractivity contribution >= 4 is 0 Å². The third kappa shape index (κ3) is 10.2.